The van der Waals surface area contributed by atoms with Gasteiger partial charge in [-0.05, 0) is 49.3 Å². The van der Waals surface area contributed by atoms with E-state index in [-0.39, 0.29) is 18.8 Å². The summed E-state index contributed by atoms with van der Waals surface area (Å²) in [7, 11) is 1.54. The summed E-state index contributed by atoms with van der Waals surface area (Å²) < 4.78 is 68.7. The summed E-state index contributed by atoms with van der Waals surface area (Å²) >= 11 is 0. The Bertz CT molecular complexity index is 458. The van der Waals surface area contributed by atoms with E-state index in [2.05, 4.69) is 0 Å². The van der Waals surface area contributed by atoms with Crippen molar-refractivity contribution < 1.29 is 26.7 Å². The van der Waals surface area contributed by atoms with Crippen molar-refractivity contribution in [3.63, 3.8) is 0 Å². The largest absolute Gasteiger partial charge is 0.497 e. The van der Waals surface area contributed by atoms with Crippen molar-refractivity contribution >= 4 is 0 Å². The third-order valence-electron chi connectivity index (χ3n) is 4.21. The van der Waals surface area contributed by atoms with E-state index < -0.39 is 18.0 Å². The van der Waals surface area contributed by atoms with E-state index in [1.807, 2.05) is 12.1 Å². The number of ether oxygens (including phenoxy) is 1. The van der Waals surface area contributed by atoms with E-state index in [0.29, 0.717) is 18.6 Å². The molecule has 0 heterocycles. The number of hydrogen-bond donors (Lipinski definition) is 0. The van der Waals surface area contributed by atoms with Crippen molar-refractivity contribution in [2.75, 3.05) is 7.11 Å². The molecule has 0 aromatic heterocycles. The molecule has 0 saturated heterocycles. The Morgan fingerprint density at radius 2 is 1.43 bits per heavy atom. The van der Waals surface area contributed by atoms with Gasteiger partial charge in [0.1, 0.15) is 5.75 Å². The molecule has 1 aromatic carbocycles. The molecule has 0 unspecified atom stereocenters. The summed E-state index contributed by atoms with van der Waals surface area (Å²) in [5.74, 6) is -5.46. The molecule has 0 atom stereocenters. The first-order chi connectivity index (χ1) is 9.75. The van der Waals surface area contributed by atoms with Gasteiger partial charge in [0.05, 0.1) is 7.11 Å². The zero-order chi connectivity index (χ0) is 15.7. The molecule has 1 aliphatic rings. The van der Waals surface area contributed by atoms with Crippen molar-refractivity contribution in [1.29, 1.82) is 0 Å². The van der Waals surface area contributed by atoms with Crippen LogP contribution in [0.1, 0.15) is 37.2 Å². The quantitative estimate of drug-likeness (QED) is 0.700. The van der Waals surface area contributed by atoms with Crippen LogP contribution in [0, 0.1) is 5.92 Å². The number of hydrogen-bond acceptors (Lipinski definition) is 1. The van der Waals surface area contributed by atoms with Crippen LogP contribution >= 0.6 is 0 Å². The van der Waals surface area contributed by atoms with Gasteiger partial charge in [0, 0.05) is 5.92 Å². The standard InChI is InChI=1S/C15H17F5O/c1-21-13-8-4-11(5-9-13)10-2-6-12(7-3-10)14(16,17)15(18,19)20/h4-5,8-10,12H,2-3,6-7H2,1H3/t10-,12-. The maximum Gasteiger partial charge on any atom is 0.453 e. The SMILES string of the molecule is COc1ccc([C@H]2CC[C@H](C(F)(F)C(F)(F)F)CC2)cc1. The first kappa shape index (κ1) is 16.0. The lowest BCUT2D eigenvalue weighted by atomic mass is 9.76. The van der Waals surface area contributed by atoms with E-state index >= 15 is 0 Å². The molecule has 1 nitrogen and oxygen atoms in total. The molecule has 6 heteroatoms. The monoisotopic (exact) mass is 308 g/mol. The zero-order valence-electron chi connectivity index (χ0n) is 11.6. The molecular formula is C15H17F5O. The van der Waals surface area contributed by atoms with Crippen LogP contribution in [0.4, 0.5) is 22.0 Å². The van der Waals surface area contributed by atoms with Gasteiger partial charge >= 0.3 is 12.1 Å². The minimum atomic E-state index is -5.45. The third kappa shape index (κ3) is 3.30. The Morgan fingerprint density at radius 1 is 0.905 bits per heavy atom. The van der Waals surface area contributed by atoms with Gasteiger partial charge in [0.2, 0.25) is 0 Å². The smallest absolute Gasteiger partial charge is 0.453 e. The Hall–Kier alpha value is -1.33. The molecule has 0 aliphatic heterocycles. The predicted molar refractivity (Wildman–Crippen MR) is 68.7 cm³/mol. The number of methoxy groups -OCH3 is 1. The van der Waals surface area contributed by atoms with Gasteiger partial charge in [-0.1, -0.05) is 12.1 Å². The average molecular weight is 308 g/mol. The molecule has 1 aromatic rings. The lowest BCUT2D eigenvalue weighted by Crippen LogP contribution is -2.44. The fourth-order valence-electron chi connectivity index (χ4n) is 2.90. The second-order valence-corrected chi connectivity index (χ2v) is 5.44. The zero-order valence-corrected chi connectivity index (χ0v) is 11.6. The van der Waals surface area contributed by atoms with Gasteiger partial charge in [-0.15, -0.1) is 0 Å². The fourth-order valence-corrected chi connectivity index (χ4v) is 2.90. The maximum absolute atomic E-state index is 13.3. The van der Waals surface area contributed by atoms with Crippen LogP contribution in [0.25, 0.3) is 0 Å². The third-order valence-corrected chi connectivity index (χ3v) is 4.21. The molecule has 1 aliphatic carbocycles. The molecule has 0 spiro atoms. The summed E-state index contributed by atoms with van der Waals surface area (Å²) in [4.78, 5) is 0. The van der Waals surface area contributed by atoms with Gasteiger partial charge < -0.3 is 4.74 Å². The highest BCUT2D eigenvalue weighted by molar-refractivity contribution is 5.29. The summed E-state index contributed by atoms with van der Waals surface area (Å²) in [6.45, 7) is 0. The van der Waals surface area contributed by atoms with Gasteiger partial charge in [-0.2, -0.15) is 22.0 Å². The normalized spacial score (nSPS) is 23.9. The topological polar surface area (TPSA) is 9.23 Å². The summed E-state index contributed by atoms with van der Waals surface area (Å²) in [5.41, 5.74) is 0.963. The van der Waals surface area contributed by atoms with Crippen LogP contribution in [0.2, 0.25) is 0 Å². The number of halogens is 5. The van der Waals surface area contributed by atoms with Crippen LogP contribution in [0.3, 0.4) is 0 Å². The van der Waals surface area contributed by atoms with Crippen molar-refractivity contribution in [2.45, 2.75) is 43.7 Å². The van der Waals surface area contributed by atoms with Gasteiger partial charge in [-0.3, -0.25) is 0 Å². The van der Waals surface area contributed by atoms with Gasteiger partial charge in [-0.25, -0.2) is 0 Å². The van der Waals surface area contributed by atoms with Crippen molar-refractivity contribution in [1.82, 2.24) is 0 Å². The van der Waals surface area contributed by atoms with Crippen molar-refractivity contribution in [3.8, 4) is 5.75 Å². The van der Waals surface area contributed by atoms with Crippen molar-refractivity contribution in [2.24, 2.45) is 5.92 Å². The summed E-state index contributed by atoms with van der Waals surface area (Å²) in [6.07, 6.45) is -4.97. The molecule has 118 valence electrons. The lowest BCUT2D eigenvalue weighted by molar-refractivity contribution is -0.305. The highest BCUT2D eigenvalue weighted by atomic mass is 19.4. The van der Waals surface area contributed by atoms with Gasteiger partial charge in [0.15, 0.2) is 0 Å². The molecule has 0 radical (unpaired) electrons. The van der Waals surface area contributed by atoms with E-state index in [1.54, 1.807) is 19.2 Å². The highest BCUT2D eigenvalue weighted by Crippen LogP contribution is 2.49. The second-order valence-electron chi connectivity index (χ2n) is 5.44. The molecule has 0 amide bonds. The van der Waals surface area contributed by atoms with Gasteiger partial charge in [0.25, 0.3) is 0 Å². The maximum atomic E-state index is 13.3. The number of benzene rings is 1. The average Bonchev–Trinajstić information content (AvgIpc) is 2.46. The van der Waals surface area contributed by atoms with Crippen LogP contribution in [-0.2, 0) is 0 Å². The Labute approximate surface area is 120 Å². The molecule has 21 heavy (non-hydrogen) atoms. The van der Waals surface area contributed by atoms with Crippen LogP contribution < -0.4 is 4.74 Å². The minimum Gasteiger partial charge on any atom is -0.497 e. The molecule has 1 fully saturated rings. The Kier molecular flexibility index (Phi) is 4.44. The highest BCUT2D eigenvalue weighted by Gasteiger charge is 2.62. The van der Waals surface area contributed by atoms with E-state index in [1.165, 1.54) is 0 Å². The molecule has 0 bridgehead atoms. The van der Waals surface area contributed by atoms with Crippen molar-refractivity contribution in [3.05, 3.63) is 29.8 Å². The Balaban J connectivity index is 1.99. The van der Waals surface area contributed by atoms with E-state index in [0.717, 1.165) is 5.56 Å². The molecule has 0 N–H and O–H groups in total. The molecular weight excluding hydrogens is 291 g/mol. The van der Waals surface area contributed by atoms with E-state index in [9.17, 15) is 22.0 Å². The van der Waals surface area contributed by atoms with E-state index in [4.69, 9.17) is 4.74 Å². The fraction of sp³-hybridized carbons (Fsp3) is 0.600. The second kappa shape index (κ2) is 5.81. The molecule has 2 rings (SSSR count). The Morgan fingerprint density at radius 3 is 1.86 bits per heavy atom. The number of alkyl halides is 5. The molecule has 1 saturated carbocycles. The predicted octanol–water partition coefficient (Wildman–Crippen LogP) is 5.17. The van der Waals surface area contributed by atoms with Crippen LogP contribution in [-0.4, -0.2) is 19.2 Å². The minimum absolute atomic E-state index is 0.0381. The lowest BCUT2D eigenvalue weighted by Gasteiger charge is -2.34. The van der Waals surface area contributed by atoms with Crippen LogP contribution in [0.15, 0.2) is 24.3 Å². The summed E-state index contributed by atoms with van der Waals surface area (Å²) in [6, 6.07) is 7.22. The number of rotatable bonds is 3. The summed E-state index contributed by atoms with van der Waals surface area (Å²) in [5, 5.41) is 0. The van der Waals surface area contributed by atoms with Crippen LogP contribution in [0.5, 0.6) is 5.75 Å². The first-order valence-corrected chi connectivity index (χ1v) is 6.84. The first-order valence-electron chi connectivity index (χ1n) is 6.84.